The molecule has 0 rings (SSSR count). The Balaban J connectivity index is 4.80. The summed E-state index contributed by atoms with van der Waals surface area (Å²) in [5.74, 6) is 0. The van der Waals surface area contributed by atoms with Gasteiger partial charge in [0.25, 0.3) is 9.84 Å². The van der Waals surface area contributed by atoms with Crippen LogP contribution < -0.4 is 0 Å². The lowest BCUT2D eigenvalue weighted by Gasteiger charge is -2.17. The monoisotopic (exact) mass is 284 g/mol. The molecular formula is C6H12F3O5PS. The first-order valence-electron chi connectivity index (χ1n) is 4.20. The summed E-state index contributed by atoms with van der Waals surface area (Å²) in [5, 5.41) is 0. The molecule has 0 aromatic carbocycles. The van der Waals surface area contributed by atoms with Crippen molar-refractivity contribution >= 4 is 17.4 Å². The van der Waals surface area contributed by atoms with E-state index in [1.807, 2.05) is 0 Å². The van der Waals surface area contributed by atoms with Crippen molar-refractivity contribution < 1.29 is 35.6 Å². The fraction of sp³-hybridized carbons (Fsp3) is 1.00. The predicted octanol–water partition coefficient (Wildman–Crippen LogP) is 1.88. The molecule has 0 spiro atoms. The molecule has 0 bridgehead atoms. The first-order chi connectivity index (χ1) is 6.91. The minimum atomic E-state index is -5.65. The Labute approximate surface area is 91.1 Å². The van der Waals surface area contributed by atoms with E-state index in [0.717, 1.165) is 0 Å². The molecular weight excluding hydrogens is 272 g/mol. The van der Waals surface area contributed by atoms with E-state index in [1.165, 1.54) is 6.92 Å². The van der Waals surface area contributed by atoms with Crippen LogP contribution in [0.5, 0.6) is 0 Å². The van der Waals surface area contributed by atoms with Crippen LogP contribution in [0.2, 0.25) is 0 Å². The molecule has 0 aromatic heterocycles. The molecule has 10 heteroatoms. The van der Waals surface area contributed by atoms with Gasteiger partial charge in [0.05, 0.1) is 6.10 Å². The van der Waals surface area contributed by atoms with E-state index in [1.54, 1.807) is 6.92 Å². The number of rotatable bonds is 5. The smallest absolute Gasteiger partial charge is 0.324 e. The van der Waals surface area contributed by atoms with Gasteiger partial charge >= 0.3 is 13.1 Å². The van der Waals surface area contributed by atoms with Crippen LogP contribution in [0.25, 0.3) is 0 Å². The Hall–Kier alpha value is -0.110. The number of halogens is 3. The fourth-order valence-electron chi connectivity index (χ4n) is 0.674. The summed E-state index contributed by atoms with van der Waals surface area (Å²) < 4.78 is 72.4. The van der Waals surface area contributed by atoms with Crippen LogP contribution in [0.3, 0.4) is 0 Å². The highest BCUT2D eigenvalue weighted by atomic mass is 32.2. The first-order valence-corrected chi connectivity index (χ1v) is 7.62. The Morgan fingerprint density at radius 1 is 1.44 bits per heavy atom. The van der Waals surface area contributed by atoms with Gasteiger partial charge in [-0.2, -0.15) is 13.2 Å². The van der Waals surface area contributed by atoms with Crippen molar-refractivity contribution in [3.8, 4) is 0 Å². The molecule has 0 saturated carbocycles. The zero-order valence-electron chi connectivity index (χ0n) is 8.56. The van der Waals surface area contributed by atoms with E-state index in [0.29, 0.717) is 0 Å². The summed E-state index contributed by atoms with van der Waals surface area (Å²) in [6.45, 7) is 2.92. The van der Waals surface area contributed by atoms with Crippen LogP contribution >= 0.6 is 7.60 Å². The average Bonchev–Trinajstić information content (AvgIpc) is 1.98. The van der Waals surface area contributed by atoms with Crippen LogP contribution in [0.15, 0.2) is 0 Å². The number of sulfone groups is 1. The second-order valence-corrected chi connectivity index (χ2v) is 7.36. The summed E-state index contributed by atoms with van der Waals surface area (Å²) >= 11 is 0. The lowest BCUT2D eigenvalue weighted by atomic mass is 10.3. The second-order valence-electron chi connectivity index (χ2n) is 3.15. The topological polar surface area (TPSA) is 80.7 Å². The zero-order chi connectivity index (χ0) is 13.2. The number of hydrogen-bond donors (Lipinski definition) is 1. The molecule has 1 N–H and O–H groups in total. The summed E-state index contributed by atoms with van der Waals surface area (Å²) in [6.07, 6.45) is -0.518. The van der Waals surface area contributed by atoms with Crippen LogP contribution in [0, 0.1) is 0 Å². The third-order valence-electron chi connectivity index (χ3n) is 1.61. The average molecular weight is 284 g/mol. The van der Waals surface area contributed by atoms with Gasteiger partial charge in [0.1, 0.15) is 0 Å². The highest BCUT2D eigenvalue weighted by molar-refractivity contribution is 7.98. The van der Waals surface area contributed by atoms with Gasteiger partial charge in [0.2, 0.25) is 0 Å². The van der Waals surface area contributed by atoms with Crippen LogP contribution in [-0.4, -0.2) is 30.4 Å². The highest BCUT2D eigenvalue weighted by Gasteiger charge is 2.49. The standard InChI is InChI=1S/C6H12F3O5PS/c1-3-5(2)14-15(10,11)4-16(12,13)6(7,8)9/h5H,3-4H2,1-2H3,(H,10,11). The summed E-state index contributed by atoms with van der Waals surface area (Å²) in [5.41, 5.74) is -7.50. The third-order valence-corrected chi connectivity index (χ3v) is 5.66. The Morgan fingerprint density at radius 2 is 1.88 bits per heavy atom. The summed E-state index contributed by atoms with van der Waals surface area (Å²) in [7, 11) is -10.4. The minimum Gasteiger partial charge on any atom is -0.324 e. The van der Waals surface area contributed by atoms with E-state index in [4.69, 9.17) is 4.89 Å². The Bertz CT molecular complexity index is 376. The van der Waals surface area contributed by atoms with Gasteiger partial charge in [-0.05, 0) is 13.3 Å². The van der Waals surface area contributed by atoms with E-state index < -0.39 is 34.5 Å². The fourth-order valence-corrected chi connectivity index (χ4v) is 3.93. The van der Waals surface area contributed by atoms with E-state index in [9.17, 15) is 26.2 Å². The van der Waals surface area contributed by atoms with Gasteiger partial charge in [0, 0.05) is 0 Å². The van der Waals surface area contributed by atoms with Gasteiger partial charge < -0.3 is 9.42 Å². The van der Waals surface area contributed by atoms with Gasteiger partial charge in [-0.3, -0.25) is 4.57 Å². The molecule has 98 valence electrons. The normalized spacial score (nSPS) is 19.1. The van der Waals surface area contributed by atoms with Crippen molar-refractivity contribution in [2.24, 2.45) is 0 Å². The molecule has 0 aliphatic heterocycles. The maximum Gasteiger partial charge on any atom is 0.498 e. The van der Waals surface area contributed by atoms with Crippen molar-refractivity contribution in [1.29, 1.82) is 0 Å². The lowest BCUT2D eigenvalue weighted by molar-refractivity contribution is -0.0433. The van der Waals surface area contributed by atoms with Crippen LogP contribution in [-0.2, 0) is 18.9 Å². The van der Waals surface area contributed by atoms with E-state index >= 15 is 0 Å². The quantitative estimate of drug-likeness (QED) is 0.779. The van der Waals surface area contributed by atoms with Gasteiger partial charge in [-0.1, -0.05) is 6.92 Å². The third kappa shape index (κ3) is 4.82. The largest absolute Gasteiger partial charge is 0.498 e. The second kappa shape index (κ2) is 5.03. The molecule has 0 aliphatic carbocycles. The molecule has 0 aromatic rings. The summed E-state index contributed by atoms with van der Waals surface area (Å²) in [4.78, 5) is 8.97. The van der Waals surface area contributed by atoms with Crippen molar-refractivity contribution in [2.45, 2.75) is 31.9 Å². The van der Waals surface area contributed by atoms with Crippen molar-refractivity contribution in [3.63, 3.8) is 0 Å². The molecule has 16 heavy (non-hydrogen) atoms. The zero-order valence-corrected chi connectivity index (χ0v) is 10.3. The Morgan fingerprint density at radius 3 is 2.19 bits per heavy atom. The molecule has 0 fully saturated rings. The molecule has 2 unspecified atom stereocenters. The van der Waals surface area contributed by atoms with Crippen LogP contribution in [0.1, 0.15) is 20.3 Å². The summed E-state index contributed by atoms with van der Waals surface area (Å²) in [6, 6.07) is 0. The van der Waals surface area contributed by atoms with E-state index in [-0.39, 0.29) is 6.42 Å². The van der Waals surface area contributed by atoms with E-state index in [2.05, 4.69) is 4.52 Å². The highest BCUT2D eigenvalue weighted by Crippen LogP contribution is 2.47. The molecule has 0 heterocycles. The first kappa shape index (κ1) is 15.9. The molecule has 2 atom stereocenters. The maximum absolute atomic E-state index is 11.9. The minimum absolute atomic E-state index is 0.274. The SMILES string of the molecule is CCC(C)OP(=O)(O)CS(=O)(=O)C(F)(F)F. The van der Waals surface area contributed by atoms with Crippen molar-refractivity contribution in [1.82, 2.24) is 0 Å². The van der Waals surface area contributed by atoms with Crippen LogP contribution in [0.4, 0.5) is 13.2 Å². The van der Waals surface area contributed by atoms with Gasteiger partial charge in [-0.15, -0.1) is 0 Å². The molecule has 0 radical (unpaired) electrons. The number of hydrogen-bond acceptors (Lipinski definition) is 4. The molecule has 0 aliphatic rings. The van der Waals surface area contributed by atoms with Crippen molar-refractivity contribution in [2.75, 3.05) is 5.49 Å². The molecule has 0 saturated heterocycles. The maximum atomic E-state index is 11.9. The molecule has 0 amide bonds. The number of alkyl halides is 3. The van der Waals surface area contributed by atoms with Gasteiger partial charge in [-0.25, -0.2) is 8.42 Å². The van der Waals surface area contributed by atoms with Gasteiger partial charge in [0.15, 0.2) is 5.49 Å². The van der Waals surface area contributed by atoms with Crippen molar-refractivity contribution in [3.05, 3.63) is 0 Å². The predicted molar refractivity (Wildman–Crippen MR) is 50.5 cm³/mol. The Kier molecular flexibility index (Phi) is 5.00. The lowest BCUT2D eigenvalue weighted by Crippen LogP contribution is -2.27. The molecule has 5 nitrogen and oxygen atoms in total.